The highest BCUT2D eigenvalue weighted by atomic mass is 16.5. The van der Waals surface area contributed by atoms with Crippen LogP contribution in [-0.4, -0.2) is 36.6 Å². The minimum absolute atomic E-state index is 0.0328. The Morgan fingerprint density at radius 3 is 2.52 bits per heavy atom. The number of methoxy groups -OCH3 is 1. The number of likely N-dealkylation sites (N-methyl/N-ethyl adjacent to an activating group) is 1. The number of aryl methyl sites for hydroxylation is 1. The van der Waals surface area contributed by atoms with E-state index in [2.05, 4.69) is 11.1 Å². The Kier molecular flexibility index (Phi) is 5.94. The SMILES string of the molecule is COc1ccc([C@@H](c2c[nH]c3ccccc23)N(C)C(=O)COc2cccc(C)c2)cc1. The molecule has 5 heteroatoms. The maximum atomic E-state index is 13.1. The minimum atomic E-state index is -0.268. The van der Waals surface area contributed by atoms with Gasteiger partial charge in [0.2, 0.25) is 0 Å². The van der Waals surface area contributed by atoms with E-state index in [9.17, 15) is 4.79 Å². The van der Waals surface area contributed by atoms with Crippen LogP contribution in [0.25, 0.3) is 10.9 Å². The highest BCUT2D eigenvalue weighted by molar-refractivity contribution is 5.85. The topological polar surface area (TPSA) is 54.6 Å². The van der Waals surface area contributed by atoms with Crippen molar-refractivity contribution in [1.29, 1.82) is 0 Å². The lowest BCUT2D eigenvalue weighted by Gasteiger charge is -2.29. The smallest absolute Gasteiger partial charge is 0.261 e. The number of nitrogens with one attached hydrogen (secondary N) is 1. The summed E-state index contributed by atoms with van der Waals surface area (Å²) in [6, 6.07) is 23.4. The molecule has 1 N–H and O–H groups in total. The van der Waals surface area contributed by atoms with Crippen molar-refractivity contribution in [2.45, 2.75) is 13.0 Å². The zero-order chi connectivity index (χ0) is 21.8. The third-order valence-electron chi connectivity index (χ3n) is 5.48. The first-order chi connectivity index (χ1) is 15.1. The molecule has 4 rings (SSSR count). The molecule has 5 nitrogen and oxygen atoms in total. The van der Waals surface area contributed by atoms with Gasteiger partial charge in [0.15, 0.2) is 6.61 Å². The number of hydrogen-bond donors (Lipinski definition) is 1. The Bertz CT molecular complexity index is 1180. The summed E-state index contributed by atoms with van der Waals surface area (Å²) in [6.45, 7) is 1.96. The third kappa shape index (κ3) is 4.40. The number of hydrogen-bond acceptors (Lipinski definition) is 3. The maximum Gasteiger partial charge on any atom is 0.261 e. The maximum absolute atomic E-state index is 13.1. The lowest BCUT2D eigenvalue weighted by atomic mass is 9.96. The fraction of sp³-hybridized carbons (Fsp3) is 0.192. The van der Waals surface area contributed by atoms with Crippen LogP contribution in [0.3, 0.4) is 0 Å². The Morgan fingerprint density at radius 1 is 1.00 bits per heavy atom. The zero-order valence-electron chi connectivity index (χ0n) is 18.0. The van der Waals surface area contributed by atoms with Crippen molar-refractivity contribution in [1.82, 2.24) is 9.88 Å². The molecular formula is C26H26N2O3. The average molecular weight is 415 g/mol. The van der Waals surface area contributed by atoms with Gasteiger partial charge in [-0.1, -0.05) is 42.5 Å². The second-order valence-corrected chi connectivity index (χ2v) is 7.58. The highest BCUT2D eigenvalue weighted by Gasteiger charge is 2.26. The molecule has 0 aliphatic rings. The molecule has 0 unspecified atom stereocenters. The number of aromatic amines is 1. The number of rotatable bonds is 7. The van der Waals surface area contributed by atoms with Gasteiger partial charge in [0.1, 0.15) is 11.5 Å². The van der Waals surface area contributed by atoms with Gasteiger partial charge in [0, 0.05) is 29.7 Å². The van der Waals surface area contributed by atoms with Gasteiger partial charge in [0.05, 0.1) is 13.2 Å². The Morgan fingerprint density at radius 2 is 1.77 bits per heavy atom. The summed E-state index contributed by atoms with van der Waals surface area (Å²) in [7, 11) is 3.46. The van der Waals surface area contributed by atoms with Crippen LogP contribution in [0.2, 0.25) is 0 Å². The minimum Gasteiger partial charge on any atom is -0.497 e. The molecule has 0 radical (unpaired) electrons. The fourth-order valence-electron chi connectivity index (χ4n) is 3.81. The number of amides is 1. The standard InChI is InChI=1S/C26H26N2O3/c1-18-7-6-8-21(15-18)31-17-25(29)28(2)26(19-11-13-20(30-3)14-12-19)23-16-27-24-10-5-4-9-22(23)24/h4-16,26-27H,17H2,1-3H3/t26-/m0/s1. The summed E-state index contributed by atoms with van der Waals surface area (Å²) in [6.07, 6.45) is 1.98. The first kappa shape index (κ1) is 20.5. The molecule has 4 aromatic rings. The zero-order valence-corrected chi connectivity index (χ0v) is 18.0. The number of benzene rings is 3. The predicted molar refractivity (Wildman–Crippen MR) is 123 cm³/mol. The number of para-hydroxylation sites is 1. The molecule has 31 heavy (non-hydrogen) atoms. The molecular weight excluding hydrogens is 388 g/mol. The molecule has 0 aliphatic carbocycles. The van der Waals surface area contributed by atoms with Crippen LogP contribution >= 0.6 is 0 Å². The van der Waals surface area contributed by atoms with Crippen molar-refractivity contribution < 1.29 is 14.3 Å². The molecule has 1 heterocycles. The van der Waals surface area contributed by atoms with Crippen LogP contribution in [-0.2, 0) is 4.79 Å². The van der Waals surface area contributed by atoms with Crippen molar-refractivity contribution in [2.75, 3.05) is 20.8 Å². The number of nitrogens with zero attached hydrogens (tertiary/aromatic N) is 1. The Balaban J connectivity index is 1.65. The molecule has 158 valence electrons. The van der Waals surface area contributed by atoms with E-state index < -0.39 is 0 Å². The number of aromatic nitrogens is 1. The molecule has 0 bridgehead atoms. The largest absolute Gasteiger partial charge is 0.497 e. The second-order valence-electron chi connectivity index (χ2n) is 7.58. The van der Waals surface area contributed by atoms with E-state index >= 15 is 0 Å². The summed E-state index contributed by atoms with van der Waals surface area (Å²) in [4.78, 5) is 18.2. The molecule has 1 aromatic heterocycles. The Hall–Kier alpha value is -3.73. The normalized spacial score (nSPS) is 11.8. The van der Waals surface area contributed by atoms with Crippen molar-refractivity contribution in [3.05, 3.63) is 95.7 Å². The summed E-state index contributed by atoms with van der Waals surface area (Å²) in [5.41, 5.74) is 4.16. The van der Waals surface area contributed by atoms with Gasteiger partial charge >= 0.3 is 0 Å². The van der Waals surface area contributed by atoms with E-state index in [1.807, 2.05) is 86.9 Å². The van der Waals surface area contributed by atoms with E-state index in [1.165, 1.54) is 0 Å². The van der Waals surface area contributed by atoms with Gasteiger partial charge in [-0.3, -0.25) is 4.79 Å². The quantitative estimate of drug-likeness (QED) is 0.457. The van der Waals surface area contributed by atoms with E-state index in [-0.39, 0.29) is 18.6 Å². The molecule has 0 fully saturated rings. The first-order valence-electron chi connectivity index (χ1n) is 10.2. The monoisotopic (exact) mass is 414 g/mol. The number of H-pyrrole nitrogens is 1. The van der Waals surface area contributed by atoms with Crippen LogP contribution in [0.5, 0.6) is 11.5 Å². The highest BCUT2D eigenvalue weighted by Crippen LogP contribution is 2.34. The van der Waals surface area contributed by atoms with Gasteiger partial charge in [-0.2, -0.15) is 0 Å². The molecule has 1 atom stereocenters. The first-order valence-corrected chi connectivity index (χ1v) is 10.2. The van der Waals surface area contributed by atoms with E-state index in [0.29, 0.717) is 5.75 Å². The number of carbonyl (C=O) groups is 1. The summed E-state index contributed by atoms with van der Waals surface area (Å²) in [5, 5.41) is 1.09. The van der Waals surface area contributed by atoms with Crippen molar-refractivity contribution >= 4 is 16.8 Å². The summed E-state index contributed by atoms with van der Waals surface area (Å²) >= 11 is 0. The van der Waals surface area contributed by atoms with Gasteiger partial charge < -0.3 is 19.4 Å². The average Bonchev–Trinajstić information content (AvgIpc) is 3.22. The predicted octanol–water partition coefficient (Wildman–Crippen LogP) is 5.11. The van der Waals surface area contributed by atoms with Gasteiger partial charge in [-0.05, 0) is 48.4 Å². The summed E-state index contributed by atoms with van der Waals surface area (Å²) < 4.78 is 11.1. The number of carbonyl (C=O) groups excluding carboxylic acids is 1. The van der Waals surface area contributed by atoms with E-state index in [4.69, 9.17) is 9.47 Å². The third-order valence-corrected chi connectivity index (χ3v) is 5.48. The molecule has 0 saturated carbocycles. The van der Waals surface area contributed by atoms with Crippen LogP contribution < -0.4 is 9.47 Å². The van der Waals surface area contributed by atoms with E-state index in [1.54, 1.807) is 12.0 Å². The Labute approximate surface area is 182 Å². The fourth-order valence-corrected chi connectivity index (χ4v) is 3.81. The molecule has 0 saturated heterocycles. The molecule has 3 aromatic carbocycles. The van der Waals surface area contributed by atoms with Gasteiger partial charge in [-0.25, -0.2) is 0 Å². The van der Waals surface area contributed by atoms with Crippen LogP contribution in [0.1, 0.15) is 22.7 Å². The molecule has 1 amide bonds. The molecule has 0 spiro atoms. The lowest BCUT2D eigenvalue weighted by molar-refractivity contribution is -0.133. The molecule has 0 aliphatic heterocycles. The van der Waals surface area contributed by atoms with Crippen LogP contribution in [0.4, 0.5) is 0 Å². The van der Waals surface area contributed by atoms with E-state index in [0.717, 1.165) is 33.3 Å². The summed E-state index contributed by atoms with van der Waals surface area (Å²) in [5.74, 6) is 1.36. The van der Waals surface area contributed by atoms with Crippen molar-refractivity contribution in [3.8, 4) is 11.5 Å². The number of ether oxygens (including phenoxy) is 2. The lowest BCUT2D eigenvalue weighted by Crippen LogP contribution is -2.35. The van der Waals surface area contributed by atoms with Crippen LogP contribution in [0, 0.1) is 6.92 Å². The number of fused-ring (bicyclic) bond motifs is 1. The van der Waals surface area contributed by atoms with Crippen molar-refractivity contribution in [3.63, 3.8) is 0 Å². The van der Waals surface area contributed by atoms with Gasteiger partial charge in [-0.15, -0.1) is 0 Å². The second kappa shape index (κ2) is 8.96. The van der Waals surface area contributed by atoms with Gasteiger partial charge in [0.25, 0.3) is 5.91 Å². The van der Waals surface area contributed by atoms with Crippen LogP contribution in [0.15, 0.2) is 79.0 Å². The van der Waals surface area contributed by atoms with Crippen molar-refractivity contribution in [2.24, 2.45) is 0 Å².